The summed E-state index contributed by atoms with van der Waals surface area (Å²) in [6.45, 7) is -0.0397. The van der Waals surface area contributed by atoms with E-state index in [2.05, 4.69) is 10.4 Å². The third kappa shape index (κ3) is 6.60. The molecule has 180 valence electrons. The summed E-state index contributed by atoms with van der Waals surface area (Å²) in [6.07, 6.45) is -8.41. The number of nitrogens with one attached hydrogen (secondary N) is 1. The van der Waals surface area contributed by atoms with Crippen molar-refractivity contribution in [3.8, 4) is 0 Å². The van der Waals surface area contributed by atoms with Crippen LogP contribution >= 0.6 is 0 Å². The Bertz CT molecular complexity index is 999. The summed E-state index contributed by atoms with van der Waals surface area (Å²) in [5, 5.41) is 5.47. The minimum atomic E-state index is -4.68. The van der Waals surface area contributed by atoms with Gasteiger partial charge in [0.05, 0.1) is 30.2 Å². The summed E-state index contributed by atoms with van der Waals surface area (Å²) in [5.74, 6) is -1.98. The second-order valence-electron chi connectivity index (χ2n) is 6.93. The van der Waals surface area contributed by atoms with Gasteiger partial charge in [0.2, 0.25) is 0 Å². The van der Waals surface area contributed by atoms with Gasteiger partial charge in [0, 0.05) is 19.3 Å². The zero-order chi connectivity index (χ0) is 24.2. The first kappa shape index (κ1) is 24.4. The molecular weight excluding hydrogens is 462 g/mol. The van der Waals surface area contributed by atoms with Gasteiger partial charge in [-0.1, -0.05) is 0 Å². The number of amides is 1. The van der Waals surface area contributed by atoms with Gasteiger partial charge in [-0.15, -0.1) is 0 Å². The number of halogens is 6. The SMILES string of the molecule is O=C(COC(=O)Cn1ccc(C(F)(F)F)n1)Nc1cc(C(F)(F)F)ccc1N1CCOCC1. The Balaban J connectivity index is 1.63. The van der Waals surface area contributed by atoms with Crippen LogP contribution in [0.15, 0.2) is 30.5 Å². The number of hydrogen-bond acceptors (Lipinski definition) is 6. The van der Waals surface area contributed by atoms with Crippen LogP contribution in [0.25, 0.3) is 0 Å². The van der Waals surface area contributed by atoms with Gasteiger partial charge in [0.25, 0.3) is 5.91 Å². The van der Waals surface area contributed by atoms with Crippen LogP contribution in [0.1, 0.15) is 11.3 Å². The molecule has 8 nitrogen and oxygen atoms in total. The third-order valence-corrected chi connectivity index (χ3v) is 4.54. The fourth-order valence-corrected chi connectivity index (χ4v) is 3.00. The second kappa shape index (κ2) is 9.68. The Hall–Kier alpha value is -3.29. The number of hydrogen-bond donors (Lipinski definition) is 1. The largest absolute Gasteiger partial charge is 0.454 e. The molecule has 3 rings (SSSR count). The molecule has 1 saturated heterocycles. The minimum absolute atomic E-state index is 0.130. The molecule has 33 heavy (non-hydrogen) atoms. The van der Waals surface area contributed by atoms with Crippen LogP contribution < -0.4 is 10.2 Å². The predicted octanol–water partition coefficient (Wildman–Crippen LogP) is 2.94. The van der Waals surface area contributed by atoms with Crippen LogP contribution in [0.4, 0.5) is 37.7 Å². The van der Waals surface area contributed by atoms with Crippen LogP contribution in [0.5, 0.6) is 0 Å². The lowest BCUT2D eigenvalue weighted by atomic mass is 10.1. The minimum Gasteiger partial charge on any atom is -0.454 e. The summed E-state index contributed by atoms with van der Waals surface area (Å²) in [6, 6.07) is 3.55. The van der Waals surface area contributed by atoms with Crippen molar-refractivity contribution in [3.63, 3.8) is 0 Å². The lowest BCUT2D eigenvalue weighted by molar-refractivity contribution is -0.148. The quantitative estimate of drug-likeness (QED) is 0.506. The number of anilines is 2. The molecule has 0 radical (unpaired) electrons. The van der Waals surface area contributed by atoms with Crippen molar-refractivity contribution in [2.45, 2.75) is 18.9 Å². The molecule has 1 aliphatic rings. The Morgan fingerprint density at radius 2 is 1.76 bits per heavy atom. The third-order valence-electron chi connectivity index (χ3n) is 4.54. The highest BCUT2D eigenvalue weighted by molar-refractivity contribution is 5.96. The van der Waals surface area contributed by atoms with Crippen molar-refractivity contribution in [3.05, 3.63) is 41.7 Å². The maximum absolute atomic E-state index is 13.1. The summed E-state index contributed by atoms with van der Waals surface area (Å²) in [5.41, 5.74) is -1.98. The molecule has 2 aromatic rings. The van der Waals surface area contributed by atoms with Crippen molar-refractivity contribution < 1.29 is 45.4 Å². The molecule has 1 aromatic heterocycles. The molecule has 0 unspecified atom stereocenters. The van der Waals surface area contributed by atoms with Crippen LogP contribution in [0, 0.1) is 0 Å². The zero-order valence-electron chi connectivity index (χ0n) is 16.9. The summed E-state index contributed by atoms with van der Waals surface area (Å²) < 4.78 is 87.6. The van der Waals surface area contributed by atoms with Gasteiger partial charge in [-0.2, -0.15) is 31.4 Å². The average Bonchev–Trinajstić information content (AvgIpc) is 3.21. The van der Waals surface area contributed by atoms with Gasteiger partial charge < -0.3 is 19.7 Å². The van der Waals surface area contributed by atoms with Gasteiger partial charge in [-0.05, 0) is 24.3 Å². The molecule has 0 atom stereocenters. The molecular formula is C19H18F6N4O4. The molecule has 1 aromatic carbocycles. The lowest BCUT2D eigenvalue weighted by Gasteiger charge is -2.31. The van der Waals surface area contributed by atoms with E-state index in [1.165, 1.54) is 6.07 Å². The van der Waals surface area contributed by atoms with Crippen molar-refractivity contribution in [1.82, 2.24) is 9.78 Å². The van der Waals surface area contributed by atoms with Gasteiger partial charge in [-0.25, -0.2) is 0 Å². The van der Waals surface area contributed by atoms with E-state index >= 15 is 0 Å². The number of ether oxygens (including phenoxy) is 2. The first-order valence-corrected chi connectivity index (χ1v) is 9.53. The molecule has 1 N–H and O–H groups in total. The van der Waals surface area contributed by atoms with E-state index in [0.717, 1.165) is 18.3 Å². The smallest absolute Gasteiger partial charge is 0.435 e. The van der Waals surface area contributed by atoms with Crippen LogP contribution in [0.3, 0.4) is 0 Å². The normalized spacial score (nSPS) is 14.8. The van der Waals surface area contributed by atoms with E-state index < -0.39 is 48.6 Å². The highest BCUT2D eigenvalue weighted by Gasteiger charge is 2.34. The summed E-state index contributed by atoms with van der Waals surface area (Å²) in [7, 11) is 0. The molecule has 0 saturated carbocycles. The molecule has 0 spiro atoms. The van der Waals surface area contributed by atoms with E-state index in [1.807, 2.05) is 0 Å². The first-order chi connectivity index (χ1) is 15.4. The maximum Gasteiger partial charge on any atom is 0.435 e. The summed E-state index contributed by atoms with van der Waals surface area (Å²) in [4.78, 5) is 25.8. The number of carbonyl (C=O) groups is 2. The van der Waals surface area contributed by atoms with Crippen LogP contribution in [-0.4, -0.2) is 54.6 Å². The Morgan fingerprint density at radius 3 is 2.36 bits per heavy atom. The number of rotatable bonds is 6. The van der Waals surface area contributed by atoms with Gasteiger partial charge in [0.15, 0.2) is 12.3 Å². The van der Waals surface area contributed by atoms with Crippen molar-refractivity contribution >= 4 is 23.3 Å². The van der Waals surface area contributed by atoms with Crippen LogP contribution in [0.2, 0.25) is 0 Å². The van der Waals surface area contributed by atoms with Crippen molar-refractivity contribution in [2.75, 3.05) is 43.1 Å². The molecule has 1 fully saturated rings. The maximum atomic E-state index is 13.1. The molecule has 14 heteroatoms. The van der Waals surface area contributed by atoms with Gasteiger partial charge in [-0.3, -0.25) is 14.3 Å². The van der Waals surface area contributed by atoms with Crippen molar-refractivity contribution in [1.29, 1.82) is 0 Å². The number of morpholine rings is 1. The summed E-state index contributed by atoms with van der Waals surface area (Å²) >= 11 is 0. The lowest BCUT2D eigenvalue weighted by Crippen LogP contribution is -2.37. The zero-order valence-corrected chi connectivity index (χ0v) is 16.9. The Kier molecular flexibility index (Phi) is 7.15. The van der Waals surface area contributed by atoms with E-state index in [9.17, 15) is 35.9 Å². The Morgan fingerprint density at radius 1 is 1.06 bits per heavy atom. The molecule has 1 amide bonds. The first-order valence-electron chi connectivity index (χ1n) is 9.53. The monoisotopic (exact) mass is 480 g/mol. The Labute approximate surface area is 183 Å². The molecule has 0 bridgehead atoms. The second-order valence-corrected chi connectivity index (χ2v) is 6.93. The average molecular weight is 480 g/mol. The molecule has 0 aliphatic carbocycles. The fourth-order valence-electron chi connectivity index (χ4n) is 3.00. The van der Waals surface area contributed by atoms with Crippen molar-refractivity contribution in [2.24, 2.45) is 0 Å². The van der Waals surface area contributed by atoms with E-state index in [1.54, 1.807) is 4.90 Å². The number of esters is 1. The fraction of sp³-hybridized carbons (Fsp3) is 0.421. The number of aromatic nitrogens is 2. The van der Waals surface area contributed by atoms with Crippen LogP contribution in [-0.2, 0) is 38.0 Å². The highest BCUT2D eigenvalue weighted by atomic mass is 19.4. The topological polar surface area (TPSA) is 85.7 Å². The van der Waals surface area contributed by atoms with E-state index in [-0.39, 0.29) is 5.69 Å². The van der Waals surface area contributed by atoms with E-state index in [4.69, 9.17) is 9.47 Å². The number of benzene rings is 1. The standard InChI is InChI=1S/C19H18F6N4O4/c20-18(21,22)12-1-2-14(28-5-7-32-8-6-28)13(9-12)26-16(30)11-33-17(31)10-29-4-3-15(27-29)19(23,24)25/h1-4,9H,5-8,10-11H2,(H,26,30). The van der Waals surface area contributed by atoms with Gasteiger partial charge >= 0.3 is 18.3 Å². The number of alkyl halides is 6. The molecule has 2 heterocycles. The molecule has 1 aliphatic heterocycles. The number of nitrogens with zero attached hydrogens (tertiary/aromatic N) is 3. The van der Waals surface area contributed by atoms with E-state index in [0.29, 0.717) is 42.7 Å². The highest BCUT2D eigenvalue weighted by Crippen LogP contribution is 2.35. The van der Waals surface area contributed by atoms with Gasteiger partial charge in [0.1, 0.15) is 6.54 Å². The predicted molar refractivity (Wildman–Crippen MR) is 101 cm³/mol. The number of carbonyl (C=O) groups excluding carboxylic acids is 2.